The fourth-order valence-corrected chi connectivity index (χ4v) is 2.13. The van der Waals surface area contributed by atoms with E-state index in [0.717, 1.165) is 5.56 Å². The Morgan fingerprint density at radius 2 is 1.86 bits per heavy atom. The average molecular weight is 191 g/mol. The fourth-order valence-electron chi connectivity index (χ4n) is 2.13. The van der Waals surface area contributed by atoms with E-state index in [2.05, 4.69) is 0 Å². The van der Waals surface area contributed by atoms with Crippen molar-refractivity contribution in [1.29, 1.82) is 0 Å². The maximum absolute atomic E-state index is 10.9. The second-order valence-electron chi connectivity index (χ2n) is 4.41. The van der Waals surface area contributed by atoms with Gasteiger partial charge in [0.2, 0.25) is 5.54 Å². The van der Waals surface area contributed by atoms with Crippen LogP contribution in [0.2, 0.25) is 0 Å². The highest BCUT2D eigenvalue weighted by Gasteiger charge is 2.72. The molecule has 2 rings (SSSR count). The number of hydrogen-bond acceptors (Lipinski definition) is 2. The molecule has 3 heteroatoms. The number of nitrogens with zero attached hydrogens (tertiary/aromatic N) is 1. The van der Waals surface area contributed by atoms with Crippen LogP contribution in [-0.4, -0.2) is 10.5 Å². The molecular weight excluding hydrogens is 178 g/mol. The van der Waals surface area contributed by atoms with Crippen molar-refractivity contribution in [3.63, 3.8) is 0 Å². The molecule has 0 spiro atoms. The summed E-state index contributed by atoms with van der Waals surface area (Å²) in [5.74, 6) is 0. The lowest BCUT2D eigenvalue weighted by molar-refractivity contribution is -0.538. The highest BCUT2D eigenvalue weighted by molar-refractivity contribution is 5.37. The molecule has 0 bridgehead atoms. The third-order valence-corrected chi connectivity index (χ3v) is 3.58. The summed E-state index contributed by atoms with van der Waals surface area (Å²) in [6, 6.07) is 9.72. The molecule has 1 aliphatic rings. The lowest BCUT2D eigenvalue weighted by Gasteiger charge is -2.12. The van der Waals surface area contributed by atoms with E-state index in [1.165, 1.54) is 0 Å². The van der Waals surface area contributed by atoms with Crippen LogP contribution in [0, 0.1) is 10.1 Å². The number of rotatable bonds is 2. The fraction of sp³-hybridized carbons (Fsp3) is 0.455. The van der Waals surface area contributed by atoms with Crippen molar-refractivity contribution < 1.29 is 4.92 Å². The third kappa shape index (κ3) is 0.983. The molecule has 0 heterocycles. The Bertz CT molecular complexity index is 376. The summed E-state index contributed by atoms with van der Waals surface area (Å²) in [5.41, 5.74) is 0.0192. The predicted molar refractivity (Wildman–Crippen MR) is 53.8 cm³/mol. The lowest BCUT2D eigenvalue weighted by atomic mass is 9.93. The lowest BCUT2D eigenvalue weighted by Crippen LogP contribution is -2.26. The average Bonchev–Trinajstić information content (AvgIpc) is 2.74. The first-order chi connectivity index (χ1) is 6.51. The van der Waals surface area contributed by atoms with E-state index in [4.69, 9.17) is 0 Å². The molecule has 0 amide bonds. The monoisotopic (exact) mass is 191 g/mol. The zero-order valence-electron chi connectivity index (χ0n) is 8.36. The highest BCUT2D eigenvalue weighted by Crippen LogP contribution is 2.58. The van der Waals surface area contributed by atoms with Gasteiger partial charge in [-0.25, -0.2) is 0 Å². The molecular formula is C11H13NO2. The zero-order chi connectivity index (χ0) is 10.4. The first-order valence-corrected chi connectivity index (χ1v) is 4.71. The molecule has 0 N–H and O–H groups in total. The molecule has 1 aromatic carbocycles. The molecule has 2 unspecified atom stereocenters. The van der Waals surface area contributed by atoms with Crippen LogP contribution in [0.25, 0.3) is 0 Å². The zero-order valence-corrected chi connectivity index (χ0v) is 8.36. The topological polar surface area (TPSA) is 43.1 Å². The molecule has 0 saturated heterocycles. The largest absolute Gasteiger partial charge is 0.264 e. The van der Waals surface area contributed by atoms with Gasteiger partial charge in [-0.15, -0.1) is 0 Å². The Morgan fingerprint density at radius 1 is 1.29 bits per heavy atom. The van der Waals surface area contributed by atoms with Crippen molar-refractivity contribution in [3.8, 4) is 0 Å². The van der Waals surface area contributed by atoms with E-state index in [9.17, 15) is 10.1 Å². The molecule has 1 aromatic rings. The Balaban J connectivity index is 2.36. The normalized spacial score (nSPS) is 35.3. The van der Waals surface area contributed by atoms with E-state index in [1.807, 2.05) is 37.3 Å². The Morgan fingerprint density at radius 3 is 2.29 bits per heavy atom. The van der Waals surface area contributed by atoms with Crippen LogP contribution in [0.3, 0.4) is 0 Å². The van der Waals surface area contributed by atoms with Gasteiger partial charge >= 0.3 is 0 Å². The van der Waals surface area contributed by atoms with Crippen molar-refractivity contribution >= 4 is 0 Å². The molecule has 14 heavy (non-hydrogen) atoms. The molecule has 3 nitrogen and oxygen atoms in total. The summed E-state index contributed by atoms with van der Waals surface area (Å²) in [5, 5.41) is 10.9. The molecule has 1 aliphatic carbocycles. The molecule has 0 aromatic heterocycles. The summed E-state index contributed by atoms with van der Waals surface area (Å²) in [6.45, 7) is 3.69. The Hall–Kier alpha value is -1.38. The van der Waals surface area contributed by atoms with Gasteiger partial charge in [-0.2, -0.15) is 0 Å². The van der Waals surface area contributed by atoms with Crippen LogP contribution in [0.5, 0.6) is 0 Å². The standard InChI is InChI=1S/C11H13NO2/c1-10(8-11(10,2)12(13)14)9-6-4-3-5-7-9/h3-7H,8H2,1-2H3. The molecule has 0 radical (unpaired) electrons. The summed E-state index contributed by atoms with van der Waals surface area (Å²) in [6.07, 6.45) is 0.636. The third-order valence-electron chi connectivity index (χ3n) is 3.58. The number of benzene rings is 1. The second-order valence-corrected chi connectivity index (χ2v) is 4.41. The maximum atomic E-state index is 10.9. The minimum absolute atomic E-state index is 0.153. The van der Waals surface area contributed by atoms with Crippen LogP contribution in [0.4, 0.5) is 0 Å². The number of hydrogen-bond donors (Lipinski definition) is 0. The summed E-state index contributed by atoms with van der Waals surface area (Å²) < 4.78 is 0. The number of nitro groups is 1. The van der Waals surface area contributed by atoms with Crippen molar-refractivity contribution in [3.05, 3.63) is 46.0 Å². The Kier molecular flexibility index (Phi) is 1.68. The molecule has 0 aliphatic heterocycles. The van der Waals surface area contributed by atoms with E-state index < -0.39 is 5.54 Å². The quantitative estimate of drug-likeness (QED) is 0.532. The van der Waals surface area contributed by atoms with Gasteiger partial charge < -0.3 is 0 Å². The first-order valence-electron chi connectivity index (χ1n) is 4.71. The van der Waals surface area contributed by atoms with Gasteiger partial charge in [0.15, 0.2) is 0 Å². The smallest absolute Gasteiger partial charge is 0.230 e. The summed E-state index contributed by atoms with van der Waals surface area (Å²) >= 11 is 0. The van der Waals surface area contributed by atoms with Crippen molar-refractivity contribution in [1.82, 2.24) is 0 Å². The second kappa shape index (κ2) is 2.56. The Labute approximate surface area is 82.9 Å². The van der Waals surface area contributed by atoms with Gasteiger partial charge in [-0.3, -0.25) is 10.1 Å². The van der Waals surface area contributed by atoms with Gasteiger partial charge in [0.25, 0.3) is 0 Å². The van der Waals surface area contributed by atoms with Crippen molar-refractivity contribution in [2.45, 2.75) is 31.2 Å². The maximum Gasteiger partial charge on any atom is 0.230 e. The van der Waals surface area contributed by atoms with Crippen LogP contribution in [0.15, 0.2) is 30.3 Å². The van der Waals surface area contributed by atoms with E-state index in [0.29, 0.717) is 6.42 Å². The minimum Gasteiger partial charge on any atom is -0.264 e. The SMILES string of the molecule is CC1(c2ccccc2)CC1(C)[N+](=O)[O-]. The van der Waals surface area contributed by atoms with Gasteiger partial charge in [-0.1, -0.05) is 30.3 Å². The molecule has 74 valence electrons. The van der Waals surface area contributed by atoms with Crippen LogP contribution < -0.4 is 0 Å². The van der Waals surface area contributed by atoms with Gasteiger partial charge in [0.05, 0.1) is 5.41 Å². The van der Waals surface area contributed by atoms with Crippen LogP contribution in [-0.2, 0) is 5.41 Å². The van der Waals surface area contributed by atoms with E-state index in [1.54, 1.807) is 6.92 Å². The van der Waals surface area contributed by atoms with E-state index >= 15 is 0 Å². The minimum atomic E-state index is -0.769. The molecule has 2 atom stereocenters. The van der Waals surface area contributed by atoms with Crippen LogP contribution in [0.1, 0.15) is 25.8 Å². The first kappa shape index (κ1) is 9.19. The molecule has 1 fully saturated rings. The molecule has 1 saturated carbocycles. The van der Waals surface area contributed by atoms with Crippen molar-refractivity contribution in [2.75, 3.05) is 0 Å². The summed E-state index contributed by atoms with van der Waals surface area (Å²) in [4.78, 5) is 10.7. The van der Waals surface area contributed by atoms with Gasteiger partial charge in [0, 0.05) is 18.3 Å². The van der Waals surface area contributed by atoms with Crippen molar-refractivity contribution in [2.24, 2.45) is 0 Å². The van der Waals surface area contributed by atoms with Crippen LogP contribution >= 0.6 is 0 Å². The van der Waals surface area contributed by atoms with Gasteiger partial charge in [-0.05, 0) is 12.5 Å². The van der Waals surface area contributed by atoms with Gasteiger partial charge in [0.1, 0.15) is 0 Å². The predicted octanol–water partition coefficient (Wildman–Crippen LogP) is 2.38. The highest BCUT2D eigenvalue weighted by atomic mass is 16.6. The summed E-state index contributed by atoms with van der Waals surface area (Å²) in [7, 11) is 0. The van der Waals surface area contributed by atoms with E-state index in [-0.39, 0.29) is 10.3 Å².